The largest absolute Gasteiger partial charge is 0.495 e. The molecule has 0 atom stereocenters. The van der Waals surface area contributed by atoms with Gasteiger partial charge in [-0.15, -0.1) is 0 Å². The lowest BCUT2D eigenvalue weighted by Crippen LogP contribution is -2.24. The Morgan fingerprint density at radius 3 is 2.30 bits per heavy atom. The van der Waals surface area contributed by atoms with Crippen LogP contribution in [0, 0.1) is 0 Å². The van der Waals surface area contributed by atoms with Crippen LogP contribution >= 0.6 is 0 Å². The lowest BCUT2D eigenvalue weighted by atomic mass is 9.99. The second kappa shape index (κ2) is 9.62. The van der Waals surface area contributed by atoms with Crippen molar-refractivity contribution >= 4 is 23.0 Å². The quantitative estimate of drug-likeness (QED) is 0.841. The number of hydrogen-bond donors (Lipinski definition) is 1. The van der Waals surface area contributed by atoms with E-state index in [1.165, 1.54) is 13.5 Å². The maximum atomic E-state index is 12.2. The van der Waals surface area contributed by atoms with Crippen LogP contribution in [0.25, 0.3) is 10.8 Å². The SMILES string of the molecule is CCC.CCCNC(=O)c1cc(C=O)c2ccccc2c1OC. The number of nitrogens with one attached hydrogen (secondary N) is 1. The van der Waals surface area contributed by atoms with E-state index in [1.807, 2.05) is 31.2 Å². The molecule has 0 unspecified atom stereocenters. The van der Waals surface area contributed by atoms with Crippen LogP contribution in [0.5, 0.6) is 5.75 Å². The Morgan fingerprint density at radius 1 is 1.17 bits per heavy atom. The zero-order valence-electron chi connectivity index (χ0n) is 14.3. The first-order valence-corrected chi connectivity index (χ1v) is 7.97. The monoisotopic (exact) mass is 315 g/mol. The highest BCUT2D eigenvalue weighted by Gasteiger charge is 2.17. The highest BCUT2D eigenvalue weighted by molar-refractivity contribution is 6.09. The van der Waals surface area contributed by atoms with Gasteiger partial charge in [0.2, 0.25) is 0 Å². The van der Waals surface area contributed by atoms with E-state index < -0.39 is 0 Å². The van der Waals surface area contributed by atoms with Crippen LogP contribution in [-0.2, 0) is 0 Å². The number of hydrogen-bond acceptors (Lipinski definition) is 3. The lowest BCUT2D eigenvalue weighted by Gasteiger charge is -2.13. The Balaban J connectivity index is 0.000000816. The zero-order valence-corrected chi connectivity index (χ0v) is 14.3. The Labute approximate surface area is 137 Å². The summed E-state index contributed by atoms with van der Waals surface area (Å²) in [6.45, 7) is 6.82. The third kappa shape index (κ3) is 4.55. The van der Waals surface area contributed by atoms with Crippen molar-refractivity contribution < 1.29 is 14.3 Å². The van der Waals surface area contributed by atoms with Crippen molar-refractivity contribution in [2.75, 3.05) is 13.7 Å². The first-order chi connectivity index (χ1) is 11.1. The molecule has 0 spiro atoms. The van der Waals surface area contributed by atoms with Crippen LogP contribution in [0.4, 0.5) is 0 Å². The molecular weight excluding hydrogens is 290 g/mol. The van der Waals surface area contributed by atoms with Crippen LogP contribution in [0.1, 0.15) is 54.3 Å². The van der Waals surface area contributed by atoms with Crippen LogP contribution in [-0.4, -0.2) is 25.8 Å². The van der Waals surface area contributed by atoms with Crippen molar-refractivity contribution in [1.82, 2.24) is 5.32 Å². The topological polar surface area (TPSA) is 55.4 Å². The maximum Gasteiger partial charge on any atom is 0.255 e. The fourth-order valence-electron chi connectivity index (χ4n) is 2.20. The molecule has 0 radical (unpaired) electrons. The number of benzene rings is 2. The van der Waals surface area contributed by atoms with E-state index in [9.17, 15) is 9.59 Å². The van der Waals surface area contributed by atoms with Crippen LogP contribution in [0.15, 0.2) is 30.3 Å². The molecule has 23 heavy (non-hydrogen) atoms. The number of rotatable bonds is 5. The average Bonchev–Trinajstić information content (AvgIpc) is 2.58. The summed E-state index contributed by atoms with van der Waals surface area (Å²) in [6, 6.07) is 8.98. The van der Waals surface area contributed by atoms with Gasteiger partial charge in [-0.3, -0.25) is 9.59 Å². The number of carbonyl (C=O) groups is 2. The molecule has 0 saturated carbocycles. The number of ether oxygens (including phenoxy) is 1. The number of methoxy groups -OCH3 is 1. The minimum absolute atomic E-state index is 0.224. The first-order valence-electron chi connectivity index (χ1n) is 7.97. The average molecular weight is 315 g/mol. The third-order valence-electron chi connectivity index (χ3n) is 3.14. The summed E-state index contributed by atoms with van der Waals surface area (Å²) in [5.41, 5.74) is 0.879. The standard InChI is InChI=1S/C16H17NO3.C3H8/c1-3-8-17-16(19)14-9-11(10-18)12-6-4-5-7-13(12)15(14)20-2;1-3-2/h4-7,9-10H,3,8H2,1-2H3,(H,17,19);3H2,1-2H3. The normalized spacial score (nSPS) is 9.74. The smallest absolute Gasteiger partial charge is 0.255 e. The number of carbonyl (C=O) groups excluding carboxylic acids is 2. The van der Waals surface area contributed by atoms with Crippen molar-refractivity contribution in [3.8, 4) is 5.75 Å². The molecule has 0 aromatic heterocycles. The molecule has 2 aromatic carbocycles. The Bertz CT molecular complexity index is 665. The van der Waals surface area contributed by atoms with E-state index in [-0.39, 0.29) is 5.91 Å². The fraction of sp³-hybridized carbons (Fsp3) is 0.368. The molecule has 4 heteroatoms. The molecule has 2 rings (SSSR count). The first kappa shape index (κ1) is 18.7. The molecule has 0 heterocycles. The molecule has 4 nitrogen and oxygen atoms in total. The van der Waals surface area contributed by atoms with Gasteiger partial charge in [-0.1, -0.05) is 51.5 Å². The zero-order chi connectivity index (χ0) is 17.2. The van der Waals surface area contributed by atoms with E-state index in [2.05, 4.69) is 19.2 Å². The van der Waals surface area contributed by atoms with Gasteiger partial charge in [-0.2, -0.15) is 0 Å². The summed E-state index contributed by atoms with van der Waals surface area (Å²) < 4.78 is 5.38. The fourth-order valence-corrected chi connectivity index (χ4v) is 2.20. The Morgan fingerprint density at radius 2 is 1.78 bits per heavy atom. The summed E-state index contributed by atoms with van der Waals surface area (Å²) in [5, 5.41) is 4.35. The minimum Gasteiger partial charge on any atom is -0.495 e. The number of amides is 1. The molecule has 0 fully saturated rings. The van der Waals surface area contributed by atoms with E-state index in [4.69, 9.17) is 4.74 Å². The molecule has 0 aliphatic rings. The molecule has 0 aliphatic heterocycles. The number of fused-ring (bicyclic) bond motifs is 1. The molecule has 0 aliphatic carbocycles. The van der Waals surface area contributed by atoms with Gasteiger partial charge in [0.1, 0.15) is 5.75 Å². The molecule has 1 N–H and O–H groups in total. The van der Waals surface area contributed by atoms with Gasteiger partial charge in [0.05, 0.1) is 12.7 Å². The summed E-state index contributed by atoms with van der Waals surface area (Å²) in [4.78, 5) is 23.4. The summed E-state index contributed by atoms with van der Waals surface area (Å²) in [6.07, 6.45) is 2.86. The van der Waals surface area contributed by atoms with Crippen molar-refractivity contribution in [3.05, 3.63) is 41.5 Å². The van der Waals surface area contributed by atoms with Gasteiger partial charge >= 0.3 is 0 Å². The van der Waals surface area contributed by atoms with Crippen molar-refractivity contribution in [1.29, 1.82) is 0 Å². The summed E-state index contributed by atoms with van der Waals surface area (Å²) in [7, 11) is 1.53. The molecule has 124 valence electrons. The summed E-state index contributed by atoms with van der Waals surface area (Å²) >= 11 is 0. The van der Waals surface area contributed by atoms with Crippen molar-refractivity contribution in [3.63, 3.8) is 0 Å². The van der Waals surface area contributed by atoms with Crippen LogP contribution < -0.4 is 10.1 Å². The van der Waals surface area contributed by atoms with E-state index in [0.717, 1.165) is 23.5 Å². The second-order valence-electron chi connectivity index (χ2n) is 5.17. The van der Waals surface area contributed by atoms with Gasteiger partial charge in [0.25, 0.3) is 5.91 Å². The Hall–Kier alpha value is -2.36. The highest BCUT2D eigenvalue weighted by Crippen LogP contribution is 2.32. The predicted octanol–water partition coefficient (Wildman–Crippen LogP) is 4.22. The van der Waals surface area contributed by atoms with Gasteiger partial charge in [0.15, 0.2) is 6.29 Å². The predicted molar refractivity (Wildman–Crippen MR) is 94.5 cm³/mol. The third-order valence-corrected chi connectivity index (χ3v) is 3.14. The Kier molecular flexibility index (Phi) is 7.81. The van der Waals surface area contributed by atoms with Gasteiger partial charge in [-0.05, 0) is 17.9 Å². The van der Waals surface area contributed by atoms with Gasteiger partial charge < -0.3 is 10.1 Å². The highest BCUT2D eigenvalue weighted by atomic mass is 16.5. The molecule has 0 saturated heterocycles. The molecule has 1 amide bonds. The van der Waals surface area contributed by atoms with E-state index in [0.29, 0.717) is 23.4 Å². The maximum absolute atomic E-state index is 12.2. The summed E-state index contributed by atoms with van der Waals surface area (Å²) in [5.74, 6) is 0.275. The second-order valence-corrected chi connectivity index (χ2v) is 5.17. The minimum atomic E-state index is -0.224. The molecular formula is C19H25NO3. The lowest BCUT2D eigenvalue weighted by molar-refractivity contribution is 0.0951. The van der Waals surface area contributed by atoms with Crippen LogP contribution in [0.3, 0.4) is 0 Å². The van der Waals surface area contributed by atoms with Crippen LogP contribution in [0.2, 0.25) is 0 Å². The van der Waals surface area contributed by atoms with Gasteiger partial charge in [-0.25, -0.2) is 0 Å². The molecule has 0 bridgehead atoms. The van der Waals surface area contributed by atoms with Gasteiger partial charge in [0, 0.05) is 17.5 Å². The molecule has 2 aromatic rings. The van der Waals surface area contributed by atoms with Crippen molar-refractivity contribution in [2.45, 2.75) is 33.6 Å². The van der Waals surface area contributed by atoms with E-state index in [1.54, 1.807) is 6.07 Å². The number of aldehydes is 1. The van der Waals surface area contributed by atoms with E-state index >= 15 is 0 Å². The van der Waals surface area contributed by atoms with Crippen molar-refractivity contribution in [2.24, 2.45) is 0 Å².